The number of nitrogens with one attached hydrogen (secondary N) is 2. The van der Waals surface area contributed by atoms with E-state index >= 15 is 0 Å². The molecule has 2 atom stereocenters. The number of likely N-dealkylation sites (tertiary alicyclic amines) is 1. The largest absolute Gasteiger partial charge is 0.467 e. The van der Waals surface area contributed by atoms with E-state index in [2.05, 4.69) is 22.8 Å². The summed E-state index contributed by atoms with van der Waals surface area (Å²) in [4.78, 5) is 51.4. The lowest BCUT2D eigenvalue weighted by molar-refractivity contribution is -0.169. The van der Waals surface area contributed by atoms with Crippen LogP contribution < -0.4 is 10.6 Å². The van der Waals surface area contributed by atoms with Crippen LogP contribution in [0.1, 0.15) is 35.1 Å². The van der Waals surface area contributed by atoms with Gasteiger partial charge in [0.25, 0.3) is 0 Å². The highest BCUT2D eigenvalue weighted by Crippen LogP contribution is 2.44. The highest BCUT2D eigenvalue weighted by atomic mass is 16.5. The van der Waals surface area contributed by atoms with Crippen LogP contribution in [0.2, 0.25) is 0 Å². The molecule has 0 saturated carbocycles. The lowest BCUT2D eigenvalue weighted by Crippen LogP contribution is -2.60. The molecule has 1 saturated heterocycles. The second-order valence-electron chi connectivity index (χ2n) is 9.40. The van der Waals surface area contributed by atoms with E-state index in [9.17, 15) is 19.2 Å². The Morgan fingerprint density at radius 3 is 2.08 bits per heavy atom. The predicted octanol–water partition coefficient (Wildman–Crippen LogP) is 3.16. The van der Waals surface area contributed by atoms with Crippen molar-refractivity contribution in [1.82, 2.24) is 15.5 Å². The molecule has 3 aromatic rings. The monoisotopic (exact) mass is 527 g/mol. The third kappa shape index (κ3) is 5.20. The number of ether oxygens (including phenoxy) is 2. The standard InChI is InChI=1S/C30H29N3O6/c1-38-29(36)25-17-26(34)33(25)27(19-9-3-2-4-10-19)28(35)31-15-16-32-30(37)39-18-24-22-13-7-5-11-20(22)21-12-6-8-14-23(21)24/h2-14,24-25,27H,15-18H2,1H3,(H,31,35)(H,32,37)/t25-,27?/m1/s1. The highest BCUT2D eigenvalue weighted by molar-refractivity contribution is 5.99. The maximum atomic E-state index is 13.2. The molecule has 3 aromatic carbocycles. The first-order valence-electron chi connectivity index (χ1n) is 12.8. The average Bonchev–Trinajstić information content (AvgIpc) is 3.29. The van der Waals surface area contributed by atoms with E-state index in [1.54, 1.807) is 30.3 Å². The van der Waals surface area contributed by atoms with Gasteiger partial charge in [-0.1, -0.05) is 78.9 Å². The van der Waals surface area contributed by atoms with Gasteiger partial charge in [-0.25, -0.2) is 9.59 Å². The van der Waals surface area contributed by atoms with Crippen molar-refractivity contribution in [2.75, 3.05) is 26.8 Å². The van der Waals surface area contributed by atoms with Gasteiger partial charge >= 0.3 is 12.1 Å². The second kappa shape index (κ2) is 11.4. The Balaban J connectivity index is 1.15. The highest BCUT2D eigenvalue weighted by Gasteiger charge is 2.48. The van der Waals surface area contributed by atoms with Crippen LogP contribution in [0, 0.1) is 0 Å². The predicted molar refractivity (Wildman–Crippen MR) is 143 cm³/mol. The molecule has 0 bridgehead atoms. The normalized spacial score (nSPS) is 16.4. The fourth-order valence-electron chi connectivity index (χ4n) is 5.26. The van der Waals surface area contributed by atoms with Crippen molar-refractivity contribution in [2.24, 2.45) is 0 Å². The summed E-state index contributed by atoms with van der Waals surface area (Å²) in [5.41, 5.74) is 5.11. The van der Waals surface area contributed by atoms with E-state index in [0.29, 0.717) is 5.56 Å². The first kappa shape index (κ1) is 26.0. The van der Waals surface area contributed by atoms with Gasteiger partial charge in [0.1, 0.15) is 18.7 Å². The molecule has 9 nitrogen and oxygen atoms in total. The Labute approximate surface area is 226 Å². The number of esters is 1. The number of carbonyl (C=O) groups excluding carboxylic acids is 4. The van der Waals surface area contributed by atoms with Crippen molar-refractivity contribution in [2.45, 2.75) is 24.4 Å². The quantitative estimate of drug-likeness (QED) is 0.251. The molecular weight excluding hydrogens is 498 g/mol. The zero-order chi connectivity index (χ0) is 27.4. The maximum Gasteiger partial charge on any atom is 0.407 e. The fraction of sp³-hybridized carbons (Fsp3) is 0.267. The van der Waals surface area contributed by atoms with Crippen LogP contribution in [0.25, 0.3) is 11.1 Å². The molecule has 2 aliphatic rings. The number of benzene rings is 3. The molecule has 0 radical (unpaired) electrons. The summed E-state index contributed by atoms with van der Waals surface area (Å²) >= 11 is 0. The molecule has 1 heterocycles. The molecule has 2 N–H and O–H groups in total. The van der Waals surface area contributed by atoms with E-state index in [0.717, 1.165) is 22.3 Å². The Morgan fingerprint density at radius 2 is 1.46 bits per heavy atom. The van der Waals surface area contributed by atoms with Gasteiger partial charge in [-0.05, 0) is 27.8 Å². The molecule has 1 unspecified atom stereocenters. The van der Waals surface area contributed by atoms with Gasteiger partial charge in [-0.3, -0.25) is 9.59 Å². The molecule has 1 fully saturated rings. The Bertz CT molecular complexity index is 1350. The Kier molecular flexibility index (Phi) is 7.58. The summed E-state index contributed by atoms with van der Waals surface area (Å²) in [5, 5.41) is 5.41. The number of hydrogen-bond acceptors (Lipinski definition) is 6. The summed E-state index contributed by atoms with van der Waals surface area (Å²) < 4.78 is 10.3. The Morgan fingerprint density at radius 1 is 0.872 bits per heavy atom. The molecule has 5 rings (SSSR count). The first-order chi connectivity index (χ1) is 19.0. The molecule has 0 aromatic heterocycles. The van der Waals surface area contributed by atoms with Crippen LogP contribution in [0.5, 0.6) is 0 Å². The fourth-order valence-corrected chi connectivity index (χ4v) is 5.26. The summed E-state index contributed by atoms with van der Waals surface area (Å²) in [6, 6.07) is 23.1. The maximum absolute atomic E-state index is 13.2. The van der Waals surface area contributed by atoms with Crippen LogP contribution in [-0.2, 0) is 23.9 Å². The number of amides is 3. The van der Waals surface area contributed by atoms with Crippen molar-refractivity contribution in [3.63, 3.8) is 0 Å². The van der Waals surface area contributed by atoms with Crippen molar-refractivity contribution in [1.29, 1.82) is 0 Å². The van der Waals surface area contributed by atoms with Gasteiger partial charge in [-0.2, -0.15) is 0 Å². The SMILES string of the molecule is COC(=O)[C@H]1CC(=O)N1C(C(=O)NCCNC(=O)OCC1c2ccccc2-c2ccccc21)c1ccccc1. The number of rotatable bonds is 9. The van der Waals surface area contributed by atoms with E-state index in [1.807, 2.05) is 36.4 Å². The molecule has 3 amide bonds. The Hall–Kier alpha value is -4.66. The van der Waals surface area contributed by atoms with Gasteiger partial charge in [0.15, 0.2) is 0 Å². The first-order valence-corrected chi connectivity index (χ1v) is 12.8. The van der Waals surface area contributed by atoms with Crippen LogP contribution in [0.15, 0.2) is 78.9 Å². The number of methoxy groups -OCH3 is 1. The third-order valence-electron chi connectivity index (χ3n) is 7.14. The topological polar surface area (TPSA) is 114 Å². The zero-order valence-electron chi connectivity index (χ0n) is 21.5. The van der Waals surface area contributed by atoms with Crippen molar-refractivity contribution in [3.8, 4) is 11.1 Å². The minimum absolute atomic E-state index is 0.00731. The summed E-state index contributed by atoms with van der Waals surface area (Å²) in [5.74, 6) is -1.39. The number of hydrogen-bond donors (Lipinski definition) is 2. The van der Waals surface area contributed by atoms with Gasteiger partial charge in [0, 0.05) is 19.0 Å². The summed E-state index contributed by atoms with van der Waals surface area (Å²) in [6.07, 6.45) is -0.596. The van der Waals surface area contributed by atoms with E-state index in [4.69, 9.17) is 9.47 Å². The molecule has 1 aliphatic carbocycles. The smallest absolute Gasteiger partial charge is 0.407 e. The van der Waals surface area contributed by atoms with Gasteiger partial charge in [0.2, 0.25) is 11.8 Å². The molecule has 39 heavy (non-hydrogen) atoms. The van der Waals surface area contributed by atoms with E-state index < -0.39 is 30.1 Å². The van der Waals surface area contributed by atoms with E-state index in [-0.39, 0.29) is 37.9 Å². The van der Waals surface area contributed by atoms with Gasteiger partial charge in [-0.15, -0.1) is 0 Å². The zero-order valence-corrected chi connectivity index (χ0v) is 21.5. The molecule has 1 aliphatic heterocycles. The number of β-lactam (4-membered cyclic amide) rings is 1. The second-order valence-corrected chi connectivity index (χ2v) is 9.40. The van der Waals surface area contributed by atoms with Crippen LogP contribution in [0.4, 0.5) is 4.79 Å². The summed E-state index contributed by atoms with van der Waals surface area (Å²) in [6.45, 7) is 0.421. The van der Waals surface area contributed by atoms with Crippen LogP contribution in [0.3, 0.4) is 0 Å². The molecular formula is C30H29N3O6. The minimum atomic E-state index is -0.994. The lowest BCUT2D eigenvalue weighted by atomic mass is 9.94. The molecule has 9 heteroatoms. The van der Waals surface area contributed by atoms with Crippen LogP contribution in [-0.4, -0.2) is 61.6 Å². The number of alkyl carbamates (subject to hydrolysis) is 1. The molecule has 0 spiro atoms. The minimum Gasteiger partial charge on any atom is -0.467 e. The lowest BCUT2D eigenvalue weighted by Gasteiger charge is -2.43. The number of carbonyl (C=O) groups is 4. The number of fused-ring (bicyclic) bond motifs is 3. The van der Waals surface area contributed by atoms with Crippen molar-refractivity contribution < 1.29 is 28.7 Å². The van der Waals surface area contributed by atoms with Crippen molar-refractivity contribution >= 4 is 23.9 Å². The van der Waals surface area contributed by atoms with Crippen molar-refractivity contribution in [3.05, 3.63) is 95.6 Å². The van der Waals surface area contributed by atoms with Crippen LogP contribution >= 0.6 is 0 Å². The van der Waals surface area contributed by atoms with Gasteiger partial charge in [0.05, 0.1) is 13.5 Å². The third-order valence-corrected chi connectivity index (χ3v) is 7.14. The van der Waals surface area contributed by atoms with E-state index in [1.165, 1.54) is 12.0 Å². The van der Waals surface area contributed by atoms with Gasteiger partial charge < -0.3 is 25.0 Å². The summed E-state index contributed by atoms with van der Waals surface area (Å²) in [7, 11) is 1.25. The molecule has 200 valence electrons. The number of nitrogens with zero attached hydrogens (tertiary/aromatic N) is 1. The average molecular weight is 528 g/mol.